The first kappa shape index (κ1) is 19.8. The van der Waals surface area contributed by atoms with E-state index in [9.17, 15) is 9.59 Å². The summed E-state index contributed by atoms with van der Waals surface area (Å²) >= 11 is 0. The van der Waals surface area contributed by atoms with Crippen LogP contribution in [0, 0.1) is 5.92 Å². The summed E-state index contributed by atoms with van der Waals surface area (Å²) in [5.41, 5.74) is 1.43. The molecule has 1 fully saturated rings. The van der Waals surface area contributed by atoms with Crippen molar-refractivity contribution in [1.29, 1.82) is 0 Å². The first-order valence-corrected chi connectivity index (χ1v) is 10.0. The second kappa shape index (κ2) is 9.33. The molecule has 1 N–H and O–H groups in total. The van der Waals surface area contributed by atoms with Gasteiger partial charge in [-0.15, -0.1) is 0 Å². The number of hydrogen-bond acceptors (Lipinski definition) is 5. The van der Waals surface area contributed by atoms with Crippen molar-refractivity contribution in [2.24, 2.45) is 5.92 Å². The van der Waals surface area contributed by atoms with E-state index in [4.69, 9.17) is 9.47 Å². The van der Waals surface area contributed by atoms with E-state index in [1.165, 1.54) is 0 Å². The van der Waals surface area contributed by atoms with Gasteiger partial charge in [0.25, 0.3) is 5.91 Å². The molecule has 6 nitrogen and oxygen atoms in total. The van der Waals surface area contributed by atoms with E-state index in [1.54, 1.807) is 6.07 Å². The molecule has 6 heteroatoms. The fourth-order valence-corrected chi connectivity index (χ4v) is 4.13. The number of fused-ring (bicyclic) bond motifs is 1. The molecule has 3 rings (SSSR count). The molecular weight excluding hydrogens is 344 g/mol. The lowest BCUT2D eigenvalue weighted by molar-refractivity contribution is -0.130. The highest BCUT2D eigenvalue weighted by Gasteiger charge is 2.33. The predicted molar refractivity (Wildman–Crippen MR) is 103 cm³/mol. The third-order valence-corrected chi connectivity index (χ3v) is 5.78. The van der Waals surface area contributed by atoms with Gasteiger partial charge in [-0.3, -0.25) is 9.69 Å². The van der Waals surface area contributed by atoms with Gasteiger partial charge in [0, 0.05) is 32.1 Å². The predicted octanol–water partition coefficient (Wildman–Crippen LogP) is 2.02. The lowest BCUT2D eigenvalue weighted by Gasteiger charge is -2.39. The molecule has 0 radical (unpaired) electrons. The van der Waals surface area contributed by atoms with Crippen molar-refractivity contribution in [3.8, 4) is 0 Å². The van der Waals surface area contributed by atoms with Crippen LogP contribution in [-0.2, 0) is 20.7 Å². The van der Waals surface area contributed by atoms with Crippen LogP contribution in [0.25, 0.3) is 0 Å². The summed E-state index contributed by atoms with van der Waals surface area (Å²) in [7, 11) is 0. The highest BCUT2D eigenvalue weighted by atomic mass is 16.5. The van der Waals surface area contributed by atoms with Gasteiger partial charge in [-0.25, -0.2) is 4.79 Å². The Morgan fingerprint density at radius 3 is 2.63 bits per heavy atom. The summed E-state index contributed by atoms with van der Waals surface area (Å²) in [4.78, 5) is 27.3. The van der Waals surface area contributed by atoms with E-state index >= 15 is 0 Å². The summed E-state index contributed by atoms with van der Waals surface area (Å²) in [6.07, 6.45) is 1.82. The smallest absolute Gasteiger partial charge is 0.339 e. The van der Waals surface area contributed by atoms with Crippen LogP contribution >= 0.6 is 0 Å². The van der Waals surface area contributed by atoms with Crippen LogP contribution in [0.15, 0.2) is 24.3 Å². The third-order valence-electron chi connectivity index (χ3n) is 5.78. The van der Waals surface area contributed by atoms with E-state index < -0.39 is 12.1 Å². The monoisotopic (exact) mass is 374 g/mol. The maximum atomic E-state index is 12.7. The van der Waals surface area contributed by atoms with E-state index in [2.05, 4.69) is 24.1 Å². The summed E-state index contributed by atoms with van der Waals surface area (Å²) < 4.78 is 10.9. The number of ether oxygens (including phenoxy) is 2. The maximum Gasteiger partial charge on any atom is 0.339 e. The lowest BCUT2D eigenvalue weighted by Crippen LogP contribution is -2.53. The molecule has 1 amide bonds. The number of carbonyl (C=O) groups is 2. The van der Waals surface area contributed by atoms with Crippen LogP contribution in [0.1, 0.15) is 42.6 Å². The van der Waals surface area contributed by atoms with Gasteiger partial charge in [-0.1, -0.05) is 44.9 Å². The van der Waals surface area contributed by atoms with Crippen molar-refractivity contribution in [2.75, 3.05) is 32.8 Å². The van der Waals surface area contributed by atoms with Crippen LogP contribution in [0.4, 0.5) is 0 Å². The molecule has 27 heavy (non-hydrogen) atoms. The van der Waals surface area contributed by atoms with Crippen molar-refractivity contribution >= 4 is 11.9 Å². The zero-order valence-electron chi connectivity index (χ0n) is 16.3. The molecule has 148 valence electrons. The van der Waals surface area contributed by atoms with E-state index in [1.807, 2.05) is 18.2 Å². The Morgan fingerprint density at radius 2 is 1.93 bits per heavy atom. The van der Waals surface area contributed by atoms with Crippen molar-refractivity contribution in [3.05, 3.63) is 35.4 Å². The van der Waals surface area contributed by atoms with Gasteiger partial charge < -0.3 is 14.8 Å². The summed E-state index contributed by atoms with van der Waals surface area (Å²) in [6, 6.07) is 7.60. The number of carbonyl (C=O) groups excluding carboxylic acids is 2. The number of cyclic esters (lactones) is 1. The van der Waals surface area contributed by atoms with E-state index in [0.717, 1.165) is 44.7 Å². The Labute approximate surface area is 161 Å². The van der Waals surface area contributed by atoms with Crippen LogP contribution in [0.2, 0.25) is 0 Å². The highest BCUT2D eigenvalue weighted by Crippen LogP contribution is 2.22. The Bertz CT molecular complexity index is 653. The van der Waals surface area contributed by atoms with Gasteiger partial charge in [-0.05, 0) is 17.5 Å². The number of morpholine rings is 1. The minimum Gasteiger partial charge on any atom is -0.448 e. The van der Waals surface area contributed by atoms with Crippen LogP contribution in [0.3, 0.4) is 0 Å². The SMILES string of the molecule is CCC(CC)C(CNC(=O)C1Cc2ccccc2C(=O)O1)N1CCOCC1. The molecule has 2 unspecified atom stereocenters. The summed E-state index contributed by atoms with van der Waals surface area (Å²) in [5, 5.41) is 3.05. The van der Waals surface area contributed by atoms with Crippen molar-refractivity contribution < 1.29 is 19.1 Å². The molecule has 2 aliphatic heterocycles. The third kappa shape index (κ3) is 4.68. The van der Waals surface area contributed by atoms with Crippen LogP contribution in [-0.4, -0.2) is 61.8 Å². The second-order valence-electron chi connectivity index (χ2n) is 7.29. The zero-order valence-corrected chi connectivity index (χ0v) is 16.3. The number of esters is 1. The number of amides is 1. The zero-order chi connectivity index (χ0) is 19.2. The van der Waals surface area contributed by atoms with E-state index in [0.29, 0.717) is 24.4 Å². The van der Waals surface area contributed by atoms with Crippen LogP contribution in [0.5, 0.6) is 0 Å². The molecule has 2 heterocycles. The fraction of sp³-hybridized carbons (Fsp3) is 0.619. The average Bonchev–Trinajstić information content (AvgIpc) is 2.71. The van der Waals surface area contributed by atoms with Crippen molar-refractivity contribution in [2.45, 2.75) is 45.3 Å². The minimum absolute atomic E-state index is 0.206. The average molecular weight is 374 g/mol. The Hall–Kier alpha value is -1.92. The second-order valence-corrected chi connectivity index (χ2v) is 7.29. The largest absolute Gasteiger partial charge is 0.448 e. The number of rotatable bonds is 7. The first-order valence-electron chi connectivity index (χ1n) is 10.0. The molecule has 0 saturated carbocycles. The van der Waals surface area contributed by atoms with Gasteiger partial charge in [0.1, 0.15) is 0 Å². The van der Waals surface area contributed by atoms with Gasteiger partial charge in [0.15, 0.2) is 6.10 Å². The van der Waals surface area contributed by atoms with Crippen molar-refractivity contribution in [1.82, 2.24) is 10.2 Å². The standard InChI is InChI=1S/C21H30N2O4/c1-3-15(4-2)18(23-9-11-26-12-10-23)14-22-20(24)19-13-16-7-5-6-8-17(16)21(25)27-19/h5-8,15,18-19H,3-4,9-14H2,1-2H3,(H,22,24). The van der Waals surface area contributed by atoms with Gasteiger partial charge in [0.2, 0.25) is 0 Å². The Kier molecular flexibility index (Phi) is 6.85. The molecule has 0 spiro atoms. The van der Waals surface area contributed by atoms with Crippen LogP contribution < -0.4 is 5.32 Å². The molecule has 0 aliphatic carbocycles. The lowest BCUT2D eigenvalue weighted by atomic mass is 9.92. The quantitative estimate of drug-likeness (QED) is 0.740. The maximum absolute atomic E-state index is 12.7. The van der Waals surface area contributed by atoms with Gasteiger partial charge >= 0.3 is 5.97 Å². The van der Waals surface area contributed by atoms with Gasteiger partial charge in [-0.2, -0.15) is 0 Å². The number of benzene rings is 1. The molecule has 1 aromatic rings. The Morgan fingerprint density at radius 1 is 1.22 bits per heavy atom. The highest BCUT2D eigenvalue weighted by molar-refractivity contribution is 5.95. The summed E-state index contributed by atoms with van der Waals surface area (Å²) in [6.45, 7) is 8.22. The van der Waals surface area contributed by atoms with Crippen molar-refractivity contribution in [3.63, 3.8) is 0 Å². The fourth-order valence-electron chi connectivity index (χ4n) is 4.13. The first-order chi connectivity index (χ1) is 13.1. The Balaban J connectivity index is 1.63. The number of nitrogens with zero attached hydrogens (tertiary/aromatic N) is 1. The molecule has 0 bridgehead atoms. The van der Waals surface area contributed by atoms with E-state index in [-0.39, 0.29) is 11.9 Å². The summed E-state index contributed by atoms with van der Waals surface area (Å²) in [5.74, 6) is -0.109. The number of nitrogens with one attached hydrogen (secondary N) is 1. The van der Waals surface area contributed by atoms with Gasteiger partial charge in [0.05, 0.1) is 18.8 Å². The minimum atomic E-state index is -0.751. The molecule has 1 saturated heterocycles. The molecule has 2 atom stereocenters. The molecule has 1 aromatic carbocycles. The topological polar surface area (TPSA) is 67.9 Å². The molecular formula is C21H30N2O4. The number of hydrogen-bond donors (Lipinski definition) is 1. The normalized spacial score (nSPS) is 21.4. The molecule has 0 aromatic heterocycles. The molecule has 2 aliphatic rings.